The average Bonchev–Trinajstić information content (AvgIpc) is 2.81. The van der Waals surface area contributed by atoms with Gasteiger partial charge in [-0.25, -0.2) is 19.2 Å². The van der Waals surface area contributed by atoms with E-state index in [4.69, 9.17) is 5.11 Å². The Bertz CT molecular complexity index is 655. The molecule has 1 aliphatic rings. The van der Waals surface area contributed by atoms with Crippen molar-refractivity contribution in [3.63, 3.8) is 0 Å². The summed E-state index contributed by atoms with van der Waals surface area (Å²) < 4.78 is 14.2. The molecule has 8 nitrogen and oxygen atoms in total. The summed E-state index contributed by atoms with van der Waals surface area (Å²) >= 11 is 0. The molecule has 1 aliphatic heterocycles. The Morgan fingerprint density at radius 1 is 1.45 bits per heavy atom. The van der Waals surface area contributed by atoms with Crippen molar-refractivity contribution in [3.8, 4) is 5.95 Å². The molecule has 0 spiro atoms. The molecule has 0 aromatic carbocycles. The highest BCUT2D eigenvalue weighted by molar-refractivity contribution is 5.65. The van der Waals surface area contributed by atoms with Crippen LogP contribution in [0.3, 0.4) is 0 Å². The SMILES string of the molecule is CC1Cc2c(nnn2-c2ncc(F)cn2)CN1C(=O)O. The zero-order chi connectivity index (χ0) is 14.3. The summed E-state index contributed by atoms with van der Waals surface area (Å²) in [6.07, 6.45) is 1.56. The van der Waals surface area contributed by atoms with Crippen molar-refractivity contribution >= 4 is 6.09 Å². The molecule has 1 unspecified atom stereocenters. The smallest absolute Gasteiger partial charge is 0.407 e. The summed E-state index contributed by atoms with van der Waals surface area (Å²) in [7, 11) is 0. The van der Waals surface area contributed by atoms with Gasteiger partial charge in [-0.1, -0.05) is 5.21 Å². The standard InChI is InChI=1S/C11H11FN6O2/c1-6-2-9-8(5-17(6)11(19)20)15-16-18(9)10-13-3-7(12)4-14-10/h3-4,6H,2,5H2,1H3,(H,19,20). The highest BCUT2D eigenvalue weighted by Gasteiger charge is 2.31. The number of carboxylic acid groups (broad SMARTS) is 1. The number of carbonyl (C=O) groups is 1. The Hall–Kier alpha value is -2.58. The molecular formula is C11H11FN6O2. The minimum atomic E-state index is -0.990. The first kappa shape index (κ1) is 12.5. The predicted octanol–water partition coefficient (Wildman–Crippen LogP) is 0.621. The first-order valence-electron chi connectivity index (χ1n) is 5.97. The third-order valence-corrected chi connectivity index (χ3v) is 3.23. The van der Waals surface area contributed by atoms with E-state index in [0.29, 0.717) is 12.1 Å². The van der Waals surface area contributed by atoms with Crippen molar-refractivity contribution in [2.24, 2.45) is 0 Å². The summed E-state index contributed by atoms with van der Waals surface area (Å²) in [5, 5.41) is 17.0. The fourth-order valence-electron chi connectivity index (χ4n) is 2.20. The molecule has 1 amide bonds. The van der Waals surface area contributed by atoms with E-state index in [9.17, 15) is 9.18 Å². The fourth-order valence-corrected chi connectivity index (χ4v) is 2.20. The molecule has 0 radical (unpaired) electrons. The monoisotopic (exact) mass is 278 g/mol. The Labute approximate surface area is 112 Å². The normalized spacial score (nSPS) is 17.9. The third kappa shape index (κ3) is 1.96. The molecule has 0 saturated heterocycles. The molecule has 0 aliphatic carbocycles. The van der Waals surface area contributed by atoms with Crippen LogP contribution in [0.25, 0.3) is 5.95 Å². The predicted molar refractivity (Wildman–Crippen MR) is 63.6 cm³/mol. The second kappa shape index (κ2) is 4.51. The van der Waals surface area contributed by atoms with Crippen molar-refractivity contribution in [1.29, 1.82) is 0 Å². The van der Waals surface area contributed by atoms with Crippen LogP contribution in [0.15, 0.2) is 12.4 Å². The lowest BCUT2D eigenvalue weighted by Gasteiger charge is -2.30. The van der Waals surface area contributed by atoms with E-state index < -0.39 is 11.9 Å². The van der Waals surface area contributed by atoms with Crippen LogP contribution in [0.1, 0.15) is 18.3 Å². The Morgan fingerprint density at radius 2 is 2.15 bits per heavy atom. The van der Waals surface area contributed by atoms with Crippen LogP contribution in [0.2, 0.25) is 0 Å². The van der Waals surface area contributed by atoms with Gasteiger partial charge in [0.1, 0.15) is 5.69 Å². The second-order valence-electron chi connectivity index (χ2n) is 4.56. The van der Waals surface area contributed by atoms with Crippen molar-refractivity contribution < 1.29 is 14.3 Å². The maximum atomic E-state index is 12.8. The van der Waals surface area contributed by atoms with Gasteiger partial charge in [-0.3, -0.25) is 4.90 Å². The quantitative estimate of drug-likeness (QED) is 0.821. The molecule has 1 atom stereocenters. The minimum Gasteiger partial charge on any atom is -0.465 e. The number of nitrogens with zero attached hydrogens (tertiary/aromatic N) is 6. The molecule has 2 aromatic rings. The molecule has 0 saturated carbocycles. The van der Waals surface area contributed by atoms with Gasteiger partial charge in [-0.05, 0) is 6.92 Å². The second-order valence-corrected chi connectivity index (χ2v) is 4.56. The number of hydrogen-bond donors (Lipinski definition) is 1. The number of hydrogen-bond acceptors (Lipinski definition) is 5. The largest absolute Gasteiger partial charge is 0.465 e. The average molecular weight is 278 g/mol. The van der Waals surface area contributed by atoms with Crippen LogP contribution < -0.4 is 0 Å². The van der Waals surface area contributed by atoms with E-state index in [1.807, 2.05) is 0 Å². The third-order valence-electron chi connectivity index (χ3n) is 3.23. The molecule has 3 rings (SSSR count). The van der Waals surface area contributed by atoms with E-state index in [0.717, 1.165) is 18.1 Å². The molecule has 0 fully saturated rings. The Kier molecular flexibility index (Phi) is 2.81. The summed E-state index contributed by atoms with van der Waals surface area (Å²) in [6, 6.07) is -0.197. The van der Waals surface area contributed by atoms with E-state index in [-0.39, 0.29) is 18.5 Å². The summed E-state index contributed by atoms with van der Waals surface area (Å²) in [5.41, 5.74) is 1.32. The van der Waals surface area contributed by atoms with E-state index in [1.54, 1.807) is 6.92 Å². The zero-order valence-corrected chi connectivity index (χ0v) is 10.6. The van der Waals surface area contributed by atoms with Crippen molar-refractivity contribution in [2.45, 2.75) is 25.9 Å². The van der Waals surface area contributed by atoms with Crippen LogP contribution in [0.4, 0.5) is 9.18 Å². The van der Waals surface area contributed by atoms with E-state index in [2.05, 4.69) is 20.3 Å². The van der Waals surface area contributed by atoms with Crippen molar-refractivity contribution in [2.75, 3.05) is 0 Å². The van der Waals surface area contributed by atoms with Crippen LogP contribution in [-0.2, 0) is 13.0 Å². The molecule has 20 heavy (non-hydrogen) atoms. The molecule has 9 heteroatoms. The summed E-state index contributed by atoms with van der Waals surface area (Å²) in [5.74, 6) is -0.315. The number of aromatic nitrogens is 5. The number of fused-ring (bicyclic) bond motifs is 1. The van der Waals surface area contributed by atoms with Gasteiger partial charge in [0.2, 0.25) is 0 Å². The molecule has 3 heterocycles. The highest BCUT2D eigenvalue weighted by atomic mass is 19.1. The van der Waals surface area contributed by atoms with Crippen LogP contribution in [0, 0.1) is 5.82 Å². The lowest BCUT2D eigenvalue weighted by atomic mass is 10.0. The van der Waals surface area contributed by atoms with Gasteiger partial charge in [-0.15, -0.1) is 5.10 Å². The maximum Gasteiger partial charge on any atom is 0.407 e. The number of rotatable bonds is 1. The van der Waals surface area contributed by atoms with Crippen LogP contribution in [-0.4, -0.2) is 47.1 Å². The van der Waals surface area contributed by atoms with E-state index >= 15 is 0 Å². The highest BCUT2D eigenvalue weighted by Crippen LogP contribution is 2.22. The minimum absolute atomic E-state index is 0.174. The van der Waals surface area contributed by atoms with Crippen LogP contribution >= 0.6 is 0 Å². The van der Waals surface area contributed by atoms with Gasteiger partial charge in [0.05, 0.1) is 24.6 Å². The van der Waals surface area contributed by atoms with Gasteiger partial charge >= 0.3 is 6.09 Å². The molecule has 2 aromatic heterocycles. The van der Waals surface area contributed by atoms with Crippen molar-refractivity contribution in [1.82, 2.24) is 29.9 Å². The lowest BCUT2D eigenvalue weighted by molar-refractivity contribution is 0.118. The Morgan fingerprint density at radius 3 is 2.80 bits per heavy atom. The lowest BCUT2D eigenvalue weighted by Crippen LogP contribution is -2.42. The molecule has 104 valence electrons. The van der Waals surface area contributed by atoms with Crippen molar-refractivity contribution in [3.05, 3.63) is 29.6 Å². The van der Waals surface area contributed by atoms with Gasteiger partial charge in [0.25, 0.3) is 5.95 Å². The fraction of sp³-hybridized carbons (Fsp3) is 0.364. The van der Waals surface area contributed by atoms with Gasteiger partial charge in [-0.2, -0.15) is 4.68 Å². The van der Waals surface area contributed by atoms with Gasteiger partial charge < -0.3 is 5.11 Å². The number of amides is 1. The summed E-state index contributed by atoms with van der Waals surface area (Å²) in [6.45, 7) is 1.98. The Balaban J connectivity index is 1.98. The maximum absolute atomic E-state index is 12.8. The number of halogens is 1. The van der Waals surface area contributed by atoms with Gasteiger partial charge in [0, 0.05) is 12.5 Å². The zero-order valence-electron chi connectivity index (χ0n) is 10.6. The van der Waals surface area contributed by atoms with Crippen LogP contribution in [0.5, 0.6) is 0 Å². The first-order valence-corrected chi connectivity index (χ1v) is 5.97. The molecule has 1 N–H and O–H groups in total. The van der Waals surface area contributed by atoms with Gasteiger partial charge in [0.15, 0.2) is 5.82 Å². The summed E-state index contributed by atoms with van der Waals surface area (Å²) in [4.78, 5) is 20.1. The molecule has 0 bridgehead atoms. The topological polar surface area (TPSA) is 97.0 Å². The first-order chi connectivity index (χ1) is 9.56. The van der Waals surface area contributed by atoms with E-state index in [1.165, 1.54) is 9.58 Å². The molecular weight excluding hydrogens is 267 g/mol.